The molecule has 0 spiro atoms. The van der Waals surface area contributed by atoms with Crippen LogP contribution in [0.5, 0.6) is 0 Å². The number of nitrogens with one attached hydrogen (secondary N) is 1. The number of rotatable bonds is 3. The van der Waals surface area contributed by atoms with Crippen LogP contribution < -0.4 is 5.32 Å². The number of aromatic nitrogens is 2. The van der Waals surface area contributed by atoms with E-state index in [1.165, 1.54) is 18.2 Å². The minimum atomic E-state index is -0.998. The van der Waals surface area contributed by atoms with E-state index >= 15 is 0 Å². The molecule has 0 radical (unpaired) electrons. The van der Waals surface area contributed by atoms with Gasteiger partial charge in [-0.15, -0.1) is 0 Å². The summed E-state index contributed by atoms with van der Waals surface area (Å²) >= 11 is 12.0. The van der Waals surface area contributed by atoms with Gasteiger partial charge in [0.25, 0.3) is 5.91 Å². The van der Waals surface area contributed by atoms with Gasteiger partial charge >= 0.3 is 0 Å². The molecule has 2 N–H and O–H groups in total. The van der Waals surface area contributed by atoms with E-state index in [1.807, 2.05) is 0 Å². The molecule has 5 rings (SSSR count). The van der Waals surface area contributed by atoms with Crippen molar-refractivity contribution in [1.29, 1.82) is 0 Å². The van der Waals surface area contributed by atoms with E-state index < -0.39 is 11.4 Å². The number of imidazole rings is 1. The number of pyridine rings is 1. The average molecular weight is 420 g/mol. The first kappa shape index (κ1) is 17.9. The highest BCUT2D eigenvalue weighted by atomic mass is 35.5. The van der Waals surface area contributed by atoms with Gasteiger partial charge in [-0.1, -0.05) is 23.2 Å². The molecule has 0 unspecified atom stereocenters. The molecule has 144 valence electrons. The molecule has 2 fully saturated rings. The van der Waals surface area contributed by atoms with Crippen molar-refractivity contribution in [3.05, 3.63) is 70.0 Å². The molecule has 1 aromatic carbocycles. The van der Waals surface area contributed by atoms with Crippen molar-refractivity contribution in [2.45, 2.75) is 24.5 Å². The molecule has 3 aromatic rings. The lowest BCUT2D eigenvalue weighted by molar-refractivity contribution is 0.0289. The van der Waals surface area contributed by atoms with Gasteiger partial charge < -0.3 is 14.8 Å². The number of halogens is 3. The highest BCUT2D eigenvalue weighted by Crippen LogP contribution is 2.60. The van der Waals surface area contributed by atoms with Crippen LogP contribution in [0.25, 0.3) is 5.52 Å². The van der Waals surface area contributed by atoms with Crippen molar-refractivity contribution in [3.8, 4) is 0 Å². The Labute approximate surface area is 170 Å². The van der Waals surface area contributed by atoms with E-state index in [4.69, 9.17) is 23.2 Å². The second kappa shape index (κ2) is 6.17. The van der Waals surface area contributed by atoms with E-state index in [0.717, 1.165) is 11.1 Å². The van der Waals surface area contributed by atoms with Gasteiger partial charge in [-0.25, -0.2) is 9.37 Å². The molecular formula is C20H16Cl2FN3O2. The highest BCUT2D eigenvalue weighted by molar-refractivity contribution is 6.31. The summed E-state index contributed by atoms with van der Waals surface area (Å²) in [6.07, 6.45) is 6.19. The number of aliphatic hydroxyl groups is 1. The molecule has 5 nitrogen and oxygen atoms in total. The maximum Gasteiger partial charge on any atom is 0.251 e. The zero-order chi connectivity index (χ0) is 19.6. The van der Waals surface area contributed by atoms with Crippen LogP contribution in [0.1, 0.15) is 28.8 Å². The predicted octanol–water partition coefficient (Wildman–Crippen LogP) is 3.81. The molecule has 28 heavy (non-hydrogen) atoms. The van der Waals surface area contributed by atoms with Crippen molar-refractivity contribution in [3.63, 3.8) is 0 Å². The smallest absolute Gasteiger partial charge is 0.251 e. The Hall–Kier alpha value is -2.15. The van der Waals surface area contributed by atoms with E-state index in [0.29, 0.717) is 23.4 Å². The van der Waals surface area contributed by atoms with Gasteiger partial charge in [0.1, 0.15) is 5.82 Å². The van der Waals surface area contributed by atoms with E-state index in [-0.39, 0.29) is 28.8 Å². The fourth-order valence-electron chi connectivity index (χ4n) is 4.54. The van der Waals surface area contributed by atoms with Crippen LogP contribution in [0.2, 0.25) is 10.0 Å². The van der Waals surface area contributed by atoms with E-state index in [1.54, 1.807) is 29.2 Å². The average Bonchev–Trinajstić information content (AvgIpc) is 3.03. The summed E-state index contributed by atoms with van der Waals surface area (Å²) < 4.78 is 15.1. The molecule has 2 aliphatic rings. The molecular weight excluding hydrogens is 404 g/mol. The molecule has 8 heteroatoms. The van der Waals surface area contributed by atoms with Crippen LogP contribution in [0, 0.1) is 17.7 Å². The number of carbonyl (C=O) groups is 1. The fourth-order valence-corrected chi connectivity index (χ4v) is 4.94. The number of hydrogen-bond donors (Lipinski definition) is 2. The van der Waals surface area contributed by atoms with Crippen molar-refractivity contribution in [2.24, 2.45) is 11.8 Å². The first-order valence-corrected chi connectivity index (χ1v) is 9.71. The minimum absolute atomic E-state index is 0.00304. The van der Waals surface area contributed by atoms with E-state index in [2.05, 4.69) is 10.3 Å². The molecule has 2 aromatic heterocycles. The third-order valence-electron chi connectivity index (χ3n) is 5.95. The van der Waals surface area contributed by atoms with Crippen LogP contribution in [-0.4, -0.2) is 26.4 Å². The molecule has 0 bridgehead atoms. The standard InChI is InChI=1S/C20H16Cl2FN3O2/c21-11-4-14(17-7-24-9-26(17)8-11)20(28)5-12-13(6-20)18(12)25-19(27)10-1-2-16(23)15(22)3-10/h1-4,7-9,12-13,18,28H,5-6H2,(H,25,27)/t12-,13+,18-,20+. The maximum atomic E-state index is 13.3. The quantitative estimate of drug-likeness (QED) is 0.678. The number of benzene rings is 1. The third kappa shape index (κ3) is 2.79. The van der Waals surface area contributed by atoms with Gasteiger partial charge in [0, 0.05) is 23.4 Å². The normalized spacial score (nSPS) is 28.4. The molecule has 2 heterocycles. The Kier molecular flexibility index (Phi) is 3.95. The number of carbonyl (C=O) groups excluding carboxylic acids is 1. The lowest BCUT2D eigenvalue weighted by Gasteiger charge is -2.27. The molecule has 0 saturated heterocycles. The summed E-state index contributed by atoms with van der Waals surface area (Å²) in [4.78, 5) is 16.6. The molecule has 1 amide bonds. The zero-order valence-electron chi connectivity index (χ0n) is 14.6. The Morgan fingerprint density at radius 2 is 2.04 bits per heavy atom. The minimum Gasteiger partial charge on any atom is -0.385 e. The van der Waals surface area contributed by atoms with Gasteiger partial charge in [-0.2, -0.15) is 0 Å². The van der Waals surface area contributed by atoms with Crippen LogP contribution in [-0.2, 0) is 5.60 Å². The monoisotopic (exact) mass is 419 g/mol. The molecule has 0 aliphatic heterocycles. The lowest BCUT2D eigenvalue weighted by Crippen LogP contribution is -2.33. The Morgan fingerprint density at radius 1 is 1.29 bits per heavy atom. The Morgan fingerprint density at radius 3 is 2.75 bits per heavy atom. The van der Waals surface area contributed by atoms with Gasteiger partial charge in [0.2, 0.25) is 0 Å². The van der Waals surface area contributed by atoms with Gasteiger partial charge in [-0.3, -0.25) is 4.79 Å². The number of fused-ring (bicyclic) bond motifs is 2. The van der Waals surface area contributed by atoms with Gasteiger partial charge in [0.15, 0.2) is 0 Å². The highest BCUT2D eigenvalue weighted by Gasteiger charge is 2.62. The maximum absolute atomic E-state index is 13.3. The summed E-state index contributed by atoms with van der Waals surface area (Å²) in [6, 6.07) is 5.70. The summed E-state index contributed by atoms with van der Waals surface area (Å²) in [6.45, 7) is 0. The van der Waals surface area contributed by atoms with Crippen molar-refractivity contribution >= 4 is 34.6 Å². The molecule has 2 aliphatic carbocycles. The summed E-state index contributed by atoms with van der Waals surface area (Å²) in [5.74, 6) is -0.469. The van der Waals surface area contributed by atoms with Crippen LogP contribution in [0.3, 0.4) is 0 Å². The SMILES string of the molecule is O=C(N[C@@H]1[C@@H]2C[C@@](O)(c3cc(Cl)cn4cncc34)C[C@@H]21)c1ccc(F)c(Cl)c1. The third-order valence-corrected chi connectivity index (χ3v) is 6.44. The summed E-state index contributed by atoms with van der Waals surface area (Å²) in [5, 5.41) is 14.7. The second-order valence-electron chi connectivity index (χ2n) is 7.65. The van der Waals surface area contributed by atoms with Crippen LogP contribution >= 0.6 is 23.2 Å². The first-order valence-electron chi connectivity index (χ1n) is 8.96. The predicted molar refractivity (Wildman–Crippen MR) is 103 cm³/mol. The lowest BCUT2D eigenvalue weighted by atomic mass is 9.88. The van der Waals surface area contributed by atoms with E-state index in [9.17, 15) is 14.3 Å². The first-order chi connectivity index (χ1) is 13.4. The Bertz CT molecular complexity index is 1100. The van der Waals surface area contributed by atoms with Crippen LogP contribution in [0.15, 0.2) is 43.0 Å². The summed E-state index contributed by atoms with van der Waals surface area (Å²) in [7, 11) is 0. The van der Waals surface area contributed by atoms with Gasteiger partial charge in [-0.05, 0) is 48.9 Å². The van der Waals surface area contributed by atoms with Crippen LogP contribution in [0.4, 0.5) is 4.39 Å². The number of amides is 1. The number of hydrogen-bond acceptors (Lipinski definition) is 3. The van der Waals surface area contributed by atoms with Crippen molar-refractivity contribution in [1.82, 2.24) is 14.7 Å². The van der Waals surface area contributed by atoms with Crippen molar-refractivity contribution in [2.75, 3.05) is 0 Å². The van der Waals surface area contributed by atoms with Crippen molar-refractivity contribution < 1.29 is 14.3 Å². The van der Waals surface area contributed by atoms with Gasteiger partial charge in [0.05, 0.1) is 33.7 Å². The number of nitrogens with zero attached hydrogens (tertiary/aromatic N) is 2. The largest absolute Gasteiger partial charge is 0.385 e. The fraction of sp³-hybridized carbons (Fsp3) is 0.300. The zero-order valence-corrected chi connectivity index (χ0v) is 16.1. The molecule has 2 saturated carbocycles. The molecule has 4 atom stereocenters. The Balaban J connectivity index is 1.32. The second-order valence-corrected chi connectivity index (χ2v) is 8.50. The topological polar surface area (TPSA) is 66.6 Å². The summed E-state index contributed by atoms with van der Waals surface area (Å²) in [5.41, 5.74) is 0.916.